The molecule has 3 atom stereocenters. The van der Waals surface area contributed by atoms with E-state index >= 15 is 0 Å². The number of ether oxygens (including phenoxy) is 2. The largest absolute Gasteiger partial charge is 0.379 e. The van der Waals surface area contributed by atoms with Crippen molar-refractivity contribution in [3.05, 3.63) is 0 Å². The molecule has 8 heteroatoms. The van der Waals surface area contributed by atoms with E-state index in [1.807, 2.05) is 0 Å². The molecule has 160 valence electrons. The number of hydrogen-bond donors (Lipinski definition) is 2. The Morgan fingerprint density at radius 2 is 1.57 bits per heavy atom. The molecule has 5 saturated heterocycles. The summed E-state index contributed by atoms with van der Waals surface area (Å²) in [5, 5.41) is 12.8. The van der Waals surface area contributed by atoms with Crippen molar-refractivity contribution >= 4 is 0 Å². The van der Waals surface area contributed by atoms with Crippen LogP contribution < -0.4 is 10.6 Å². The lowest BCUT2D eigenvalue weighted by molar-refractivity contribution is -0.232. The molecule has 28 heavy (non-hydrogen) atoms. The number of piperidine rings is 1. The smallest absolute Gasteiger partial charge is 0.143 e. The first-order valence-electron chi connectivity index (χ1n) is 11.6. The maximum Gasteiger partial charge on any atom is 0.143 e. The highest BCUT2D eigenvalue weighted by Gasteiger charge is 2.62. The van der Waals surface area contributed by atoms with E-state index in [2.05, 4.69) is 30.5 Å². The molecule has 3 unspecified atom stereocenters. The van der Waals surface area contributed by atoms with E-state index in [0.29, 0.717) is 6.04 Å². The normalized spacial score (nSPS) is 40.3. The second-order valence-corrected chi connectivity index (χ2v) is 8.82. The molecule has 2 N–H and O–H groups in total. The minimum absolute atomic E-state index is 0.0721. The highest BCUT2D eigenvalue weighted by atomic mass is 16.5. The van der Waals surface area contributed by atoms with Gasteiger partial charge in [0.25, 0.3) is 0 Å². The third kappa shape index (κ3) is 3.41. The summed E-state index contributed by atoms with van der Waals surface area (Å²) in [5.41, 5.74) is -0.118. The average Bonchev–Trinajstić information content (AvgIpc) is 3.44. The van der Waals surface area contributed by atoms with Crippen LogP contribution in [0.15, 0.2) is 0 Å². The molecule has 0 radical (unpaired) electrons. The van der Waals surface area contributed by atoms with E-state index in [-0.39, 0.29) is 11.9 Å². The quantitative estimate of drug-likeness (QED) is 0.652. The highest BCUT2D eigenvalue weighted by molar-refractivity contribution is 5.11. The lowest BCUT2D eigenvalue weighted by Gasteiger charge is -2.58. The van der Waals surface area contributed by atoms with Crippen molar-refractivity contribution in [3.63, 3.8) is 0 Å². The van der Waals surface area contributed by atoms with Crippen LogP contribution in [-0.2, 0) is 9.47 Å². The Hall–Kier alpha value is -0.320. The Morgan fingerprint density at radius 1 is 0.786 bits per heavy atom. The fourth-order valence-corrected chi connectivity index (χ4v) is 6.21. The van der Waals surface area contributed by atoms with Crippen molar-refractivity contribution in [1.82, 2.24) is 30.5 Å². The van der Waals surface area contributed by atoms with Gasteiger partial charge in [0.2, 0.25) is 0 Å². The van der Waals surface area contributed by atoms with Crippen molar-refractivity contribution in [3.8, 4) is 0 Å². The Morgan fingerprint density at radius 3 is 2.29 bits per heavy atom. The van der Waals surface area contributed by atoms with Crippen LogP contribution in [0.4, 0.5) is 0 Å². The number of piperazine rings is 1. The number of hydrazine groups is 1. The van der Waals surface area contributed by atoms with Gasteiger partial charge in [-0.25, -0.2) is 10.0 Å². The van der Waals surface area contributed by atoms with Gasteiger partial charge in [-0.15, -0.1) is 0 Å². The Bertz CT molecular complexity index is 473. The van der Waals surface area contributed by atoms with Crippen molar-refractivity contribution in [2.24, 2.45) is 0 Å². The molecule has 0 saturated carbocycles. The van der Waals surface area contributed by atoms with Crippen molar-refractivity contribution in [1.29, 1.82) is 0 Å². The summed E-state index contributed by atoms with van der Waals surface area (Å²) >= 11 is 0. The van der Waals surface area contributed by atoms with Gasteiger partial charge in [0, 0.05) is 71.5 Å². The van der Waals surface area contributed by atoms with Gasteiger partial charge >= 0.3 is 0 Å². The average molecular weight is 395 g/mol. The van der Waals surface area contributed by atoms with E-state index in [1.165, 1.54) is 38.8 Å². The standard InChI is InChI=1S/C20H38N6O2/c1-2-8-25(9-3-1)26-10-4-18(23-13-16-27-17-14-23)20(26,19-22-7-15-28-19)24-11-5-21-6-12-24/h18-19,21-22H,1-17H2. The molecule has 0 aromatic rings. The van der Waals surface area contributed by atoms with E-state index in [1.54, 1.807) is 0 Å². The van der Waals surface area contributed by atoms with Crippen LogP contribution in [-0.4, -0.2) is 123 Å². The summed E-state index contributed by atoms with van der Waals surface area (Å²) in [4.78, 5) is 5.47. The molecule has 5 aliphatic heterocycles. The SMILES string of the molecule is C1CCN(N2CCC(N3CCOCC3)C2(C2NCCO2)N2CCNCC2)CC1. The fraction of sp³-hybridized carbons (Fsp3) is 1.00. The molecule has 0 aliphatic carbocycles. The zero-order chi connectivity index (χ0) is 18.8. The minimum Gasteiger partial charge on any atom is -0.379 e. The third-order valence-electron chi connectivity index (χ3n) is 7.40. The summed E-state index contributed by atoms with van der Waals surface area (Å²) in [6.07, 6.45) is 5.28. The number of nitrogens with zero attached hydrogens (tertiary/aromatic N) is 4. The number of morpholine rings is 1. The molecule has 5 rings (SSSR count). The zero-order valence-electron chi connectivity index (χ0n) is 17.3. The predicted octanol–water partition coefficient (Wildman–Crippen LogP) is -0.659. The van der Waals surface area contributed by atoms with Crippen LogP contribution >= 0.6 is 0 Å². The molecule has 5 aliphatic rings. The second-order valence-electron chi connectivity index (χ2n) is 8.82. The zero-order valence-corrected chi connectivity index (χ0v) is 17.3. The van der Waals surface area contributed by atoms with Crippen LogP contribution in [0, 0.1) is 0 Å². The Labute approximate surface area is 169 Å². The van der Waals surface area contributed by atoms with Crippen LogP contribution in [0.2, 0.25) is 0 Å². The minimum atomic E-state index is -0.118. The lowest BCUT2D eigenvalue weighted by Crippen LogP contribution is -2.78. The highest BCUT2D eigenvalue weighted by Crippen LogP contribution is 2.42. The second kappa shape index (κ2) is 8.81. The first-order valence-corrected chi connectivity index (χ1v) is 11.6. The maximum atomic E-state index is 6.44. The van der Waals surface area contributed by atoms with Gasteiger partial charge in [-0.05, 0) is 19.3 Å². The summed E-state index contributed by atoms with van der Waals surface area (Å²) in [6.45, 7) is 13.4. The molecule has 0 aromatic carbocycles. The topological polar surface area (TPSA) is 55.5 Å². The van der Waals surface area contributed by atoms with Crippen molar-refractivity contribution < 1.29 is 9.47 Å². The molecule has 0 amide bonds. The van der Waals surface area contributed by atoms with E-state index in [0.717, 1.165) is 72.2 Å². The molecule has 0 bridgehead atoms. The lowest BCUT2D eigenvalue weighted by atomic mass is 9.93. The van der Waals surface area contributed by atoms with E-state index in [9.17, 15) is 0 Å². The Balaban J connectivity index is 1.53. The summed E-state index contributed by atoms with van der Waals surface area (Å²) in [6, 6.07) is 0.479. The van der Waals surface area contributed by atoms with E-state index in [4.69, 9.17) is 9.47 Å². The molecule has 8 nitrogen and oxygen atoms in total. The molecule has 0 aromatic heterocycles. The van der Waals surface area contributed by atoms with Crippen LogP contribution in [0.1, 0.15) is 25.7 Å². The van der Waals surface area contributed by atoms with Crippen LogP contribution in [0.25, 0.3) is 0 Å². The van der Waals surface area contributed by atoms with Crippen molar-refractivity contribution in [2.45, 2.75) is 43.6 Å². The van der Waals surface area contributed by atoms with Crippen LogP contribution in [0.3, 0.4) is 0 Å². The van der Waals surface area contributed by atoms with Gasteiger partial charge in [-0.3, -0.25) is 15.1 Å². The number of nitrogens with one attached hydrogen (secondary N) is 2. The summed E-state index contributed by atoms with van der Waals surface area (Å²) in [5.74, 6) is 0. The van der Waals surface area contributed by atoms with Gasteiger partial charge in [0.05, 0.1) is 19.8 Å². The van der Waals surface area contributed by atoms with Gasteiger partial charge in [-0.1, -0.05) is 6.42 Å². The number of rotatable bonds is 4. The first-order chi connectivity index (χ1) is 13.9. The van der Waals surface area contributed by atoms with E-state index < -0.39 is 0 Å². The predicted molar refractivity (Wildman–Crippen MR) is 108 cm³/mol. The summed E-state index contributed by atoms with van der Waals surface area (Å²) in [7, 11) is 0. The first kappa shape index (κ1) is 19.6. The monoisotopic (exact) mass is 394 g/mol. The van der Waals surface area contributed by atoms with Gasteiger partial charge in [0.15, 0.2) is 0 Å². The molecular weight excluding hydrogens is 356 g/mol. The molecule has 5 heterocycles. The van der Waals surface area contributed by atoms with Gasteiger partial charge in [-0.2, -0.15) is 0 Å². The summed E-state index contributed by atoms with van der Waals surface area (Å²) < 4.78 is 12.1. The maximum absolute atomic E-state index is 6.44. The van der Waals surface area contributed by atoms with Crippen LogP contribution in [0.5, 0.6) is 0 Å². The fourth-order valence-electron chi connectivity index (χ4n) is 6.21. The van der Waals surface area contributed by atoms with Gasteiger partial charge in [0.1, 0.15) is 11.9 Å². The molecule has 0 spiro atoms. The van der Waals surface area contributed by atoms with Crippen molar-refractivity contribution in [2.75, 3.05) is 85.3 Å². The van der Waals surface area contributed by atoms with Gasteiger partial charge < -0.3 is 14.8 Å². The number of hydrogen-bond acceptors (Lipinski definition) is 8. The molecule has 5 fully saturated rings. The molecular formula is C20H38N6O2. The third-order valence-corrected chi connectivity index (χ3v) is 7.40. The Kier molecular flexibility index (Phi) is 6.18.